The third-order valence-electron chi connectivity index (χ3n) is 0.667. The van der Waals surface area contributed by atoms with Gasteiger partial charge in [-0.2, -0.15) is 0 Å². The van der Waals surface area contributed by atoms with Crippen molar-refractivity contribution in [1.82, 2.24) is 3.30 Å². The third kappa shape index (κ3) is 2.97. The van der Waals surface area contributed by atoms with Crippen LogP contribution in [0.1, 0.15) is 13.8 Å². The van der Waals surface area contributed by atoms with Gasteiger partial charge in [0.05, 0.1) is 0 Å². The molecule has 0 unspecified atom stereocenters. The molecular weight excluding hydrogens is 123 g/mol. The van der Waals surface area contributed by atoms with Crippen LogP contribution in [0.2, 0.25) is 0 Å². The van der Waals surface area contributed by atoms with Gasteiger partial charge >= 0.3 is 58.4 Å². The average molecular weight is 131 g/mol. The molecule has 0 spiro atoms. The quantitative estimate of drug-likeness (QED) is 0.541. The van der Waals surface area contributed by atoms with E-state index in [-0.39, 0.29) is 11.8 Å². The first-order valence-corrected chi connectivity index (χ1v) is 3.09. The molecule has 0 aromatic carbocycles. The Hall–Kier alpha value is 0.340. The summed E-state index contributed by atoms with van der Waals surface area (Å²) >= 11 is 1.25. The summed E-state index contributed by atoms with van der Waals surface area (Å²) in [5.74, 6) is 0.256. The zero-order valence-electron chi connectivity index (χ0n) is 4.56. The molecule has 0 radical (unpaired) electrons. The maximum atomic E-state index is 10.4. The van der Waals surface area contributed by atoms with Gasteiger partial charge in [-0.05, 0) is 0 Å². The van der Waals surface area contributed by atoms with Crippen molar-refractivity contribution in [3.05, 3.63) is 0 Å². The summed E-state index contributed by atoms with van der Waals surface area (Å²) < 4.78 is 2.59. The molecule has 0 fully saturated rings. The third-order valence-corrected chi connectivity index (χ3v) is 1.11. The molecule has 0 bridgehead atoms. The van der Waals surface area contributed by atoms with Gasteiger partial charge in [-0.25, -0.2) is 0 Å². The monoisotopic (exact) mass is 131 g/mol. The molecule has 0 aromatic heterocycles. The first-order valence-electron chi connectivity index (χ1n) is 2.19. The summed E-state index contributed by atoms with van der Waals surface area (Å²) in [6.07, 6.45) is 0. The van der Waals surface area contributed by atoms with Crippen LogP contribution in [0.15, 0.2) is 0 Å². The molecule has 1 amide bonds. The van der Waals surface area contributed by atoms with E-state index in [9.17, 15) is 4.79 Å². The fourth-order valence-corrected chi connectivity index (χ4v) is 0.687. The van der Waals surface area contributed by atoms with Gasteiger partial charge in [-0.3, -0.25) is 0 Å². The molecule has 3 heteroatoms. The maximum absolute atomic E-state index is 10.4. The Kier molecular flexibility index (Phi) is 3.52. The van der Waals surface area contributed by atoms with Gasteiger partial charge < -0.3 is 0 Å². The van der Waals surface area contributed by atoms with Crippen molar-refractivity contribution in [2.45, 2.75) is 13.8 Å². The van der Waals surface area contributed by atoms with Crippen molar-refractivity contribution in [2.24, 2.45) is 5.92 Å². The summed E-state index contributed by atoms with van der Waals surface area (Å²) in [5.41, 5.74) is 0. The van der Waals surface area contributed by atoms with Crippen LogP contribution < -0.4 is 3.30 Å². The first kappa shape index (κ1) is 7.34. The normalized spacial score (nSPS) is 8.86. The van der Waals surface area contributed by atoms with Crippen LogP contribution in [0.4, 0.5) is 0 Å². The molecule has 1 N–H and O–H groups in total. The van der Waals surface area contributed by atoms with E-state index >= 15 is 0 Å². The molecular formula is C4H8NOSc. The average Bonchev–Trinajstić information content (AvgIpc) is 1.65. The van der Waals surface area contributed by atoms with E-state index in [4.69, 9.17) is 0 Å². The summed E-state index contributed by atoms with van der Waals surface area (Å²) in [7, 11) is 0. The molecule has 7 heavy (non-hydrogen) atoms. The predicted molar refractivity (Wildman–Crippen MR) is 23.0 cm³/mol. The molecule has 0 saturated heterocycles. The number of rotatable bonds is 1. The molecule has 0 aromatic rings. The summed E-state index contributed by atoms with van der Waals surface area (Å²) in [6.45, 7) is 3.74. The van der Waals surface area contributed by atoms with Gasteiger partial charge in [-0.1, -0.05) is 0 Å². The zero-order valence-corrected chi connectivity index (χ0v) is 6.37. The Labute approximate surface area is 58.6 Å². The van der Waals surface area contributed by atoms with Crippen LogP contribution in [0, 0.1) is 5.92 Å². The predicted octanol–water partition coefficient (Wildman–Crippen LogP) is 0.220. The van der Waals surface area contributed by atoms with Crippen LogP contribution in [0.5, 0.6) is 0 Å². The van der Waals surface area contributed by atoms with Crippen LogP contribution in [-0.4, -0.2) is 5.91 Å². The number of amides is 1. The fourth-order valence-electron chi connectivity index (χ4n) is 0.167. The molecule has 0 aliphatic carbocycles. The second-order valence-electron chi connectivity index (χ2n) is 1.66. The Morgan fingerprint density at radius 2 is 2.14 bits per heavy atom. The number of carbonyl (C=O) groups is 1. The van der Waals surface area contributed by atoms with E-state index in [0.717, 1.165) is 0 Å². The first-order chi connectivity index (χ1) is 3.18. The minimum atomic E-state index is 0.125. The van der Waals surface area contributed by atoms with E-state index in [1.165, 1.54) is 24.7 Å². The van der Waals surface area contributed by atoms with Crippen molar-refractivity contribution in [2.75, 3.05) is 0 Å². The van der Waals surface area contributed by atoms with Gasteiger partial charge in [0.15, 0.2) is 0 Å². The Morgan fingerprint density at radius 1 is 1.71 bits per heavy atom. The Morgan fingerprint density at radius 3 is 2.14 bits per heavy atom. The SMILES string of the molecule is CC(C)C(=O)[NH][Sc]. The molecule has 0 rings (SSSR count). The summed E-state index contributed by atoms with van der Waals surface area (Å²) in [6, 6.07) is 0. The second-order valence-corrected chi connectivity index (χ2v) is 2.11. The number of carbonyl (C=O) groups excluding carboxylic acids is 1. The van der Waals surface area contributed by atoms with E-state index < -0.39 is 0 Å². The molecule has 0 aliphatic heterocycles. The molecule has 0 aliphatic rings. The Balaban J connectivity index is 3.35. The van der Waals surface area contributed by atoms with Gasteiger partial charge in [0.1, 0.15) is 0 Å². The van der Waals surface area contributed by atoms with Crippen molar-refractivity contribution in [3.63, 3.8) is 0 Å². The van der Waals surface area contributed by atoms with Crippen LogP contribution in [-0.2, 0) is 29.5 Å². The molecule has 2 nitrogen and oxygen atoms in total. The van der Waals surface area contributed by atoms with Crippen molar-refractivity contribution in [3.8, 4) is 0 Å². The van der Waals surface area contributed by atoms with Gasteiger partial charge in [0.25, 0.3) is 0 Å². The van der Waals surface area contributed by atoms with Gasteiger partial charge in [-0.15, -0.1) is 0 Å². The van der Waals surface area contributed by atoms with Crippen molar-refractivity contribution >= 4 is 5.91 Å². The number of hydrogen-bond acceptors (Lipinski definition) is 1. The molecule has 38 valence electrons. The van der Waals surface area contributed by atoms with Crippen molar-refractivity contribution < 1.29 is 29.5 Å². The van der Waals surface area contributed by atoms with E-state index in [1.807, 2.05) is 13.8 Å². The molecule has 0 heterocycles. The number of nitrogens with one attached hydrogen (secondary N) is 1. The number of hydrogen-bond donors (Lipinski definition) is 1. The minimum absolute atomic E-state index is 0.125. The van der Waals surface area contributed by atoms with Gasteiger partial charge in [0, 0.05) is 0 Å². The molecule has 0 atom stereocenters. The van der Waals surface area contributed by atoms with Crippen molar-refractivity contribution in [1.29, 1.82) is 0 Å². The van der Waals surface area contributed by atoms with E-state index in [2.05, 4.69) is 3.30 Å². The van der Waals surface area contributed by atoms with Crippen LogP contribution >= 0.6 is 0 Å². The Bertz CT molecular complexity index is 72.1. The fraction of sp³-hybridized carbons (Fsp3) is 0.750. The van der Waals surface area contributed by atoms with E-state index in [1.54, 1.807) is 0 Å². The van der Waals surface area contributed by atoms with Crippen LogP contribution in [0.25, 0.3) is 0 Å². The summed E-state index contributed by atoms with van der Waals surface area (Å²) in [5, 5.41) is 0. The zero-order chi connectivity index (χ0) is 5.86. The second kappa shape index (κ2) is 3.36. The topological polar surface area (TPSA) is 29.1 Å². The van der Waals surface area contributed by atoms with E-state index in [0.29, 0.717) is 0 Å². The van der Waals surface area contributed by atoms with Crippen LogP contribution in [0.3, 0.4) is 0 Å². The standard InChI is InChI=1S/C4H9NO.Sc/c1-3(2)4(5)6;/h3H,1-2H3,(H2,5,6);/q;+1/p-1. The molecule has 0 saturated carbocycles. The van der Waals surface area contributed by atoms with Gasteiger partial charge in [0.2, 0.25) is 0 Å². The summed E-state index contributed by atoms with van der Waals surface area (Å²) in [4.78, 5) is 10.4.